The third-order valence-electron chi connectivity index (χ3n) is 21.0. The third-order valence-corrected chi connectivity index (χ3v) is 21.0. The first kappa shape index (κ1) is 51.1. The summed E-state index contributed by atoms with van der Waals surface area (Å²) < 4.78 is 7.13. The van der Waals surface area contributed by atoms with Gasteiger partial charge in [0.2, 0.25) is 0 Å². The van der Waals surface area contributed by atoms with Crippen molar-refractivity contribution in [3.05, 3.63) is 220 Å². The highest BCUT2D eigenvalue weighted by Crippen LogP contribution is 2.62. The second-order valence-electron chi connectivity index (χ2n) is 28.5. The van der Waals surface area contributed by atoms with Crippen LogP contribution in [0.2, 0.25) is 0 Å². The first-order chi connectivity index (χ1) is 39.1. The fraction of sp³-hybridized carbons (Fsp3) is 0.299. The normalized spacial score (nSPS) is 20.0. The molecule has 10 aromatic rings. The predicted octanol–water partition coefficient (Wildman–Crippen LogP) is 18.9. The summed E-state index contributed by atoms with van der Waals surface area (Å²) in [6.07, 6.45) is 4.75. The number of hydrogen-bond donors (Lipinski definition) is 0. The van der Waals surface area contributed by atoms with Gasteiger partial charge in [0.05, 0.1) is 16.9 Å². The van der Waals surface area contributed by atoms with E-state index in [1.165, 1.54) is 131 Å². The largest absolute Gasteiger partial charge is 0.454 e. The molecule has 1 saturated carbocycles. The molecule has 4 nitrogen and oxygen atoms in total. The Morgan fingerprint density at radius 2 is 1.05 bits per heavy atom. The zero-order valence-electron chi connectivity index (χ0n) is 50.4. The Kier molecular flexibility index (Phi) is 10.7. The quantitative estimate of drug-likeness (QED) is 0.164. The van der Waals surface area contributed by atoms with Crippen LogP contribution in [-0.2, 0) is 27.1 Å². The van der Waals surface area contributed by atoms with Gasteiger partial charge in [-0.1, -0.05) is 204 Å². The highest BCUT2D eigenvalue weighted by Gasteiger charge is 2.58. The Bertz CT molecular complexity index is 4340. The van der Waals surface area contributed by atoms with Crippen LogP contribution < -0.4 is 31.1 Å². The van der Waals surface area contributed by atoms with Gasteiger partial charge >= 0.3 is 0 Å². The molecule has 9 aromatic carbocycles. The minimum Gasteiger partial charge on any atom is -0.454 e. The van der Waals surface area contributed by atoms with E-state index in [1.54, 1.807) is 0 Å². The third kappa shape index (κ3) is 6.98. The van der Waals surface area contributed by atoms with Crippen molar-refractivity contribution in [3.63, 3.8) is 0 Å². The first-order valence-corrected chi connectivity index (χ1v) is 30.3. The second kappa shape index (κ2) is 17.2. The summed E-state index contributed by atoms with van der Waals surface area (Å²) in [6.45, 7) is 31.3. The van der Waals surface area contributed by atoms with Crippen LogP contribution in [0.15, 0.2) is 180 Å². The van der Waals surface area contributed by atoms with Crippen LogP contribution in [0.5, 0.6) is 0 Å². The molecule has 1 fully saturated rings. The maximum Gasteiger partial charge on any atom is 0.252 e. The van der Waals surface area contributed by atoms with E-state index in [1.807, 2.05) is 0 Å². The number of fused-ring (bicyclic) bond motifs is 12. The molecule has 3 aliphatic heterocycles. The van der Waals surface area contributed by atoms with Gasteiger partial charge < -0.3 is 19.1 Å². The summed E-state index contributed by atoms with van der Waals surface area (Å²) in [5.74, 6) is 0. The molecule has 0 spiro atoms. The van der Waals surface area contributed by atoms with Gasteiger partial charge in [-0.25, -0.2) is 0 Å². The van der Waals surface area contributed by atoms with E-state index in [9.17, 15) is 0 Å². The van der Waals surface area contributed by atoms with Gasteiger partial charge in [-0.15, -0.1) is 0 Å². The Balaban J connectivity index is 1.06. The van der Waals surface area contributed by atoms with Crippen molar-refractivity contribution in [2.45, 2.75) is 148 Å². The van der Waals surface area contributed by atoms with Crippen LogP contribution in [0, 0.1) is 6.92 Å². The molecule has 1 aromatic heterocycles. The summed E-state index contributed by atoms with van der Waals surface area (Å²) >= 11 is 0. The molecule has 0 N–H and O–H groups in total. The van der Waals surface area contributed by atoms with Crippen molar-refractivity contribution in [1.82, 2.24) is 0 Å². The molecule has 15 rings (SSSR count). The molecule has 0 bridgehead atoms. The zero-order valence-corrected chi connectivity index (χ0v) is 50.4. The maximum absolute atomic E-state index is 7.13. The molecule has 0 saturated heterocycles. The molecule has 2 aliphatic carbocycles. The van der Waals surface area contributed by atoms with Gasteiger partial charge in [0.15, 0.2) is 5.58 Å². The average Bonchev–Trinajstić information content (AvgIpc) is 1.29. The van der Waals surface area contributed by atoms with Gasteiger partial charge in [0.1, 0.15) is 5.58 Å². The number of anilines is 8. The summed E-state index contributed by atoms with van der Waals surface area (Å²) in [7, 11) is 0. The Morgan fingerprint density at radius 1 is 0.451 bits per heavy atom. The van der Waals surface area contributed by atoms with Crippen LogP contribution in [-0.4, -0.2) is 12.3 Å². The molecule has 408 valence electrons. The van der Waals surface area contributed by atoms with Crippen LogP contribution in [0.1, 0.15) is 153 Å². The summed E-state index contributed by atoms with van der Waals surface area (Å²) in [4.78, 5) is 8.07. The van der Waals surface area contributed by atoms with Crippen molar-refractivity contribution in [2.75, 3.05) is 14.7 Å². The molecule has 0 radical (unpaired) electrons. The van der Waals surface area contributed by atoms with E-state index in [0.717, 1.165) is 34.0 Å². The maximum atomic E-state index is 7.13. The number of rotatable bonds is 4. The molecule has 5 heteroatoms. The van der Waals surface area contributed by atoms with E-state index < -0.39 is 0 Å². The monoisotopic (exact) mass is 1070 g/mol. The molecule has 2 unspecified atom stereocenters. The number of hydrogen-bond acceptors (Lipinski definition) is 4. The minimum absolute atomic E-state index is 0.0241. The topological polar surface area (TPSA) is 22.9 Å². The molecule has 82 heavy (non-hydrogen) atoms. The minimum atomic E-state index is -0.261. The first-order valence-electron chi connectivity index (χ1n) is 30.3. The second-order valence-corrected chi connectivity index (χ2v) is 28.5. The molecule has 4 heterocycles. The highest BCUT2D eigenvalue weighted by molar-refractivity contribution is 7.00. The summed E-state index contributed by atoms with van der Waals surface area (Å²) in [5.41, 5.74) is 28.2. The Hall–Kier alpha value is -7.76. The molecule has 0 amide bonds. The Labute approximate surface area is 486 Å². The van der Waals surface area contributed by atoms with E-state index >= 15 is 0 Å². The van der Waals surface area contributed by atoms with E-state index in [2.05, 4.69) is 281 Å². The van der Waals surface area contributed by atoms with Crippen molar-refractivity contribution >= 4 is 90.5 Å². The summed E-state index contributed by atoms with van der Waals surface area (Å²) in [5, 5.41) is 2.25. The smallest absolute Gasteiger partial charge is 0.252 e. The number of nitrogens with zero attached hydrogens (tertiary/aromatic N) is 3. The van der Waals surface area contributed by atoms with Crippen molar-refractivity contribution < 1.29 is 4.42 Å². The van der Waals surface area contributed by atoms with Gasteiger partial charge in [-0.05, 0) is 165 Å². The predicted molar refractivity (Wildman–Crippen MR) is 349 cm³/mol. The number of aryl methyl sites for hydroxylation is 1. The number of furan rings is 1. The number of benzene rings is 9. The number of para-hydroxylation sites is 2. The van der Waals surface area contributed by atoms with Crippen molar-refractivity contribution in [1.29, 1.82) is 0 Å². The lowest BCUT2D eigenvalue weighted by Crippen LogP contribution is -2.62. The zero-order chi connectivity index (χ0) is 56.8. The van der Waals surface area contributed by atoms with E-state index in [-0.39, 0.29) is 39.3 Å². The van der Waals surface area contributed by atoms with Gasteiger partial charge in [0, 0.05) is 66.7 Å². The fourth-order valence-corrected chi connectivity index (χ4v) is 16.3. The van der Waals surface area contributed by atoms with Crippen LogP contribution in [0.4, 0.5) is 45.5 Å². The van der Waals surface area contributed by atoms with Gasteiger partial charge in [0.25, 0.3) is 6.71 Å². The lowest BCUT2D eigenvalue weighted by molar-refractivity contribution is 0.195. The van der Waals surface area contributed by atoms with Gasteiger partial charge in [-0.3, -0.25) is 0 Å². The van der Waals surface area contributed by atoms with E-state index in [0.29, 0.717) is 0 Å². The average molecular weight is 1070 g/mol. The van der Waals surface area contributed by atoms with Crippen molar-refractivity contribution in [2.24, 2.45) is 0 Å². The Morgan fingerprint density at radius 3 is 1.76 bits per heavy atom. The molecule has 5 aliphatic rings. The van der Waals surface area contributed by atoms with Crippen LogP contribution in [0.25, 0.3) is 33.1 Å². The molecule has 2 atom stereocenters. The molecular weight excluding hydrogens is 994 g/mol. The van der Waals surface area contributed by atoms with Gasteiger partial charge in [-0.2, -0.15) is 0 Å². The summed E-state index contributed by atoms with van der Waals surface area (Å²) in [6, 6.07) is 68.4. The van der Waals surface area contributed by atoms with Crippen LogP contribution in [0.3, 0.4) is 0 Å². The lowest BCUT2D eigenvalue weighted by atomic mass is 9.33. The SMILES string of the molecule is Cc1cc2c3c(c1)N(c1cccc4c1oc1ccccc14)c1cc(N4c5ccc(C(C)(C)C)cc5C5(C)CCCCC45C)ccc1B3c1cc3c(cc1N2c1ccc(C(C)(C)C)cc1-c1ccccc1)C(C)(C)c1ccccc1C3(C)C. The lowest BCUT2D eigenvalue weighted by Gasteiger charge is -2.51. The van der Waals surface area contributed by atoms with E-state index in [4.69, 9.17) is 4.42 Å². The molecular formula is C77H76BN3O. The standard InChI is InChI=1S/C77H76BN3O/c1-47-40-67-70-68(41-47)80(64-30-23-27-53-52-26-17-20-31-69(52)82-71(53)64)65-44-51(81-63-37-33-50(73(5,6)7)43-59(63)76(12)38-21-22-39-77(76,81)13)34-35-60(65)78(70)61-45-57-58(75(10,11)56-29-19-18-28-55(56)74(57,8)9)46-66(61)79(67)62-36-32-49(72(2,3)4)42-54(62)48-24-15-14-16-25-48/h14-20,23-37,40-46H,21-22,38-39H2,1-13H3. The highest BCUT2D eigenvalue weighted by atomic mass is 16.3. The van der Waals surface area contributed by atoms with Crippen LogP contribution >= 0.6 is 0 Å². The van der Waals surface area contributed by atoms with Crippen molar-refractivity contribution in [3.8, 4) is 11.1 Å². The fourth-order valence-electron chi connectivity index (χ4n) is 16.3.